The molecular weight excluding hydrogens is 194 g/mol. The molecule has 0 saturated carbocycles. The predicted octanol–water partition coefficient (Wildman–Crippen LogP) is 1.87. The zero-order chi connectivity index (χ0) is 10.8. The minimum absolute atomic E-state index is 0.262. The molecule has 0 unspecified atom stereocenters. The summed E-state index contributed by atoms with van der Waals surface area (Å²) in [5, 5.41) is 0. The van der Waals surface area contributed by atoms with Crippen LogP contribution in [0.25, 0.3) is 0 Å². The number of nitrogens with zero attached hydrogens (tertiary/aromatic N) is 1. The average Bonchev–Trinajstić information content (AvgIpc) is 2.15. The lowest BCUT2D eigenvalue weighted by molar-refractivity contribution is -0.137. The van der Waals surface area contributed by atoms with Crippen molar-refractivity contribution in [2.45, 2.75) is 12.5 Å². The zero-order valence-corrected chi connectivity index (χ0v) is 7.01. The third-order valence-corrected chi connectivity index (χ3v) is 1.56. The quantitative estimate of drug-likeness (QED) is 0.537. The monoisotopic (exact) mass is 199 g/mol. The summed E-state index contributed by atoms with van der Waals surface area (Å²) in [5.41, 5.74) is -1.16. The highest BCUT2D eigenvalue weighted by Gasteiger charge is 2.31. The maximum atomic E-state index is 12.2. The van der Waals surface area contributed by atoms with Crippen molar-refractivity contribution in [3.8, 4) is 0 Å². The van der Waals surface area contributed by atoms with E-state index in [9.17, 15) is 18.0 Å². The van der Waals surface area contributed by atoms with E-state index in [-0.39, 0.29) is 12.0 Å². The molecule has 0 amide bonds. The van der Waals surface area contributed by atoms with Crippen LogP contribution >= 0.6 is 0 Å². The third kappa shape index (κ3) is 2.34. The lowest BCUT2D eigenvalue weighted by Gasteiger charge is -2.06. The molecule has 72 valence electrons. The van der Waals surface area contributed by atoms with E-state index >= 15 is 0 Å². The van der Waals surface area contributed by atoms with Crippen LogP contribution in [0.3, 0.4) is 0 Å². The summed E-state index contributed by atoms with van der Waals surface area (Å²) in [6, 6.07) is 1.49. The van der Waals surface area contributed by atoms with Gasteiger partial charge in [-0.25, -0.2) is 0 Å². The van der Waals surface area contributed by atoms with Crippen molar-refractivity contribution in [2.75, 3.05) is 0 Å². The van der Waals surface area contributed by atoms with Crippen molar-refractivity contribution in [2.24, 2.45) is 0 Å². The standard InChI is InChI=1S/C8H5BF3NO/c9-4-7(14)6-3-5(1-2-13-6)8(10,11)12/h1-3H,4H2. The Morgan fingerprint density at radius 2 is 2.14 bits per heavy atom. The van der Waals surface area contributed by atoms with E-state index in [4.69, 9.17) is 7.85 Å². The summed E-state index contributed by atoms with van der Waals surface area (Å²) in [6.07, 6.45) is -3.88. The van der Waals surface area contributed by atoms with E-state index in [1.165, 1.54) is 0 Å². The van der Waals surface area contributed by atoms with Crippen LogP contribution in [0.4, 0.5) is 13.2 Å². The fourth-order valence-corrected chi connectivity index (χ4v) is 0.864. The molecule has 0 N–H and O–H groups in total. The number of ketones is 1. The fourth-order valence-electron chi connectivity index (χ4n) is 0.864. The van der Waals surface area contributed by atoms with Gasteiger partial charge in [-0.2, -0.15) is 13.2 Å². The van der Waals surface area contributed by atoms with Gasteiger partial charge in [0.2, 0.25) is 0 Å². The molecule has 0 bridgehead atoms. The summed E-state index contributed by atoms with van der Waals surface area (Å²) in [7, 11) is 4.99. The summed E-state index contributed by atoms with van der Waals surface area (Å²) in [5.74, 6) is -0.615. The number of carbonyl (C=O) groups excluding carboxylic acids is 1. The van der Waals surface area contributed by atoms with Crippen molar-refractivity contribution in [3.05, 3.63) is 29.6 Å². The normalized spacial score (nSPS) is 11.4. The molecule has 1 aromatic rings. The van der Waals surface area contributed by atoms with Crippen molar-refractivity contribution in [1.82, 2.24) is 4.98 Å². The van der Waals surface area contributed by atoms with Crippen LogP contribution in [0.15, 0.2) is 18.3 Å². The molecule has 0 aromatic carbocycles. The van der Waals surface area contributed by atoms with E-state index in [2.05, 4.69) is 4.98 Å². The molecule has 6 heteroatoms. The largest absolute Gasteiger partial charge is 0.416 e. The van der Waals surface area contributed by atoms with E-state index < -0.39 is 17.5 Å². The Balaban J connectivity index is 3.08. The maximum Gasteiger partial charge on any atom is 0.416 e. The first-order valence-corrected chi connectivity index (χ1v) is 3.71. The van der Waals surface area contributed by atoms with Gasteiger partial charge >= 0.3 is 6.18 Å². The van der Waals surface area contributed by atoms with Gasteiger partial charge in [-0.3, -0.25) is 9.78 Å². The highest BCUT2D eigenvalue weighted by Crippen LogP contribution is 2.29. The Morgan fingerprint density at radius 1 is 1.50 bits per heavy atom. The van der Waals surface area contributed by atoms with Crippen LogP contribution in [0.1, 0.15) is 16.1 Å². The number of Topliss-reactive ketones (excluding diaryl/α,β-unsaturated/α-hetero) is 1. The molecule has 1 heterocycles. The van der Waals surface area contributed by atoms with Gasteiger partial charge in [0.05, 0.1) is 13.4 Å². The van der Waals surface area contributed by atoms with Gasteiger partial charge in [-0.15, -0.1) is 0 Å². The molecule has 0 fully saturated rings. The van der Waals surface area contributed by atoms with Crippen LogP contribution in [0, 0.1) is 0 Å². The van der Waals surface area contributed by atoms with Gasteiger partial charge < -0.3 is 0 Å². The number of hydrogen-bond acceptors (Lipinski definition) is 2. The molecule has 0 atom stereocenters. The van der Waals surface area contributed by atoms with Crippen LogP contribution in [-0.2, 0) is 6.18 Å². The third-order valence-electron chi connectivity index (χ3n) is 1.56. The first-order valence-electron chi connectivity index (χ1n) is 3.71. The number of halogens is 3. The fraction of sp³-hybridized carbons (Fsp3) is 0.250. The molecule has 0 saturated heterocycles. The average molecular weight is 199 g/mol. The number of pyridine rings is 1. The van der Waals surface area contributed by atoms with Crippen LogP contribution in [-0.4, -0.2) is 18.6 Å². The molecule has 0 aliphatic rings. The smallest absolute Gasteiger partial charge is 0.293 e. The second-order valence-electron chi connectivity index (χ2n) is 2.55. The topological polar surface area (TPSA) is 30.0 Å². The number of aromatic nitrogens is 1. The maximum absolute atomic E-state index is 12.2. The van der Waals surface area contributed by atoms with Gasteiger partial charge in [0.25, 0.3) is 0 Å². The van der Waals surface area contributed by atoms with Crippen LogP contribution < -0.4 is 0 Å². The number of rotatable bonds is 2. The van der Waals surface area contributed by atoms with E-state index in [0.29, 0.717) is 6.07 Å². The van der Waals surface area contributed by atoms with Gasteiger partial charge in [0.1, 0.15) is 5.69 Å². The number of alkyl halides is 3. The Hall–Kier alpha value is -1.33. The van der Waals surface area contributed by atoms with Crippen LogP contribution in [0.5, 0.6) is 0 Å². The molecule has 0 spiro atoms. The van der Waals surface area contributed by atoms with Gasteiger partial charge in [-0.1, -0.05) is 0 Å². The second-order valence-corrected chi connectivity index (χ2v) is 2.55. The Labute approximate surface area is 79.6 Å². The second kappa shape index (κ2) is 3.81. The summed E-state index contributed by atoms with van der Waals surface area (Å²) >= 11 is 0. The van der Waals surface area contributed by atoms with Crippen molar-refractivity contribution in [3.63, 3.8) is 0 Å². The lowest BCUT2D eigenvalue weighted by Crippen LogP contribution is -2.08. The molecule has 14 heavy (non-hydrogen) atoms. The zero-order valence-electron chi connectivity index (χ0n) is 7.01. The van der Waals surface area contributed by atoms with Gasteiger partial charge in [0, 0.05) is 6.20 Å². The number of hydrogen-bond donors (Lipinski definition) is 0. The Kier molecular flexibility index (Phi) is 2.93. The molecule has 1 rings (SSSR count). The highest BCUT2D eigenvalue weighted by molar-refractivity contribution is 6.23. The van der Waals surface area contributed by atoms with Crippen molar-refractivity contribution < 1.29 is 18.0 Å². The summed E-state index contributed by atoms with van der Waals surface area (Å²) < 4.78 is 36.5. The number of carbonyl (C=O) groups is 1. The Bertz CT molecular complexity index is 351. The van der Waals surface area contributed by atoms with E-state index in [1.54, 1.807) is 0 Å². The molecule has 2 radical (unpaired) electrons. The Morgan fingerprint density at radius 3 is 2.64 bits per heavy atom. The minimum atomic E-state index is -4.47. The summed E-state index contributed by atoms with van der Waals surface area (Å²) in [4.78, 5) is 14.4. The van der Waals surface area contributed by atoms with Gasteiger partial charge in [0.15, 0.2) is 5.78 Å². The predicted molar refractivity (Wildman–Crippen MR) is 44.1 cm³/mol. The SMILES string of the molecule is [B]CC(=O)c1cc(C(F)(F)F)ccn1. The molecular formula is C8H5BF3NO. The van der Waals surface area contributed by atoms with E-state index in [1.807, 2.05) is 0 Å². The van der Waals surface area contributed by atoms with Crippen molar-refractivity contribution >= 4 is 13.6 Å². The first kappa shape index (κ1) is 10.8. The lowest BCUT2D eigenvalue weighted by atomic mass is 9.98. The summed E-state index contributed by atoms with van der Waals surface area (Å²) in [6.45, 7) is 0. The molecule has 0 aliphatic carbocycles. The highest BCUT2D eigenvalue weighted by atomic mass is 19.4. The van der Waals surface area contributed by atoms with E-state index in [0.717, 1.165) is 12.3 Å². The first-order chi connectivity index (χ1) is 6.45. The van der Waals surface area contributed by atoms with Crippen LogP contribution in [0.2, 0.25) is 6.32 Å². The minimum Gasteiger partial charge on any atom is -0.293 e. The molecule has 2 nitrogen and oxygen atoms in total. The van der Waals surface area contributed by atoms with Gasteiger partial charge in [-0.05, 0) is 18.5 Å². The molecule has 1 aromatic heterocycles. The van der Waals surface area contributed by atoms with Crippen molar-refractivity contribution in [1.29, 1.82) is 0 Å². The molecule has 0 aliphatic heterocycles.